The van der Waals surface area contributed by atoms with Crippen molar-refractivity contribution in [1.82, 2.24) is 8.61 Å². The van der Waals surface area contributed by atoms with Gasteiger partial charge >= 0.3 is 0 Å². The summed E-state index contributed by atoms with van der Waals surface area (Å²) >= 11 is 0. The fourth-order valence-electron chi connectivity index (χ4n) is 3.14. The van der Waals surface area contributed by atoms with E-state index in [0.29, 0.717) is 30.5 Å². The Hall–Kier alpha value is -1.18. The fraction of sp³-hybridized carbons (Fsp3) is 0.625. The van der Waals surface area contributed by atoms with E-state index in [4.69, 9.17) is 4.74 Å². The van der Waals surface area contributed by atoms with Crippen molar-refractivity contribution in [2.75, 3.05) is 27.2 Å². The highest BCUT2D eigenvalue weighted by Gasteiger charge is 2.33. The van der Waals surface area contributed by atoms with E-state index in [-0.39, 0.29) is 12.3 Å². The van der Waals surface area contributed by atoms with Crippen LogP contribution in [0.4, 0.5) is 4.39 Å². The van der Waals surface area contributed by atoms with Gasteiger partial charge in [-0.3, -0.25) is 0 Å². The van der Waals surface area contributed by atoms with Gasteiger partial charge in [-0.1, -0.05) is 19.9 Å². The number of halogens is 1. The van der Waals surface area contributed by atoms with Crippen LogP contribution in [0.1, 0.15) is 25.8 Å². The molecule has 5 nitrogen and oxygen atoms in total. The Labute approximate surface area is 138 Å². The number of benzene rings is 1. The largest absolute Gasteiger partial charge is 0.494 e. The summed E-state index contributed by atoms with van der Waals surface area (Å²) in [5.74, 6) is 0.356. The first-order valence-electron chi connectivity index (χ1n) is 7.78. The SMILES string of the molecule is COc1ccc(CN(C)S(=O)(=O)N2CC(C)CC(C)C2)cc1F. The first-order chi connectivity index (χ1) is 10.7. The molecule has 0 saturated carbocycles. The van der Waals surface area contributed by atoms with Gasteiger partial charge in [0.25, 0.3) is 10.2 Å². The first kappa shape index (κ1) is 18.2. The van der Waals surface area contributed by atoms with Crippen LogP contribution < -0.4 is 4.74 Å². The standard InChI is InChI=1S/C16H25FN2O3S/c1-12-7-13(2)10-19(9-12)23(20,21)18(3)11-14-5-6-16(22-4)15(17)8-14/h5-6,8,12-13H,7,9-11H2,1-4H3. The smallest absolute Gasteiger partial charge is 0.282 e. The lowest BCUT2D eigenvalue weighted by molar-refractivity contribution is 0.211. The van der Waals surface area contributed by atoms with Crippen LogP contribution in [0, 0.1) is 17.7 Å². The molecule has 2 unspecified atom stereocenters. The van der Waals surface area contributed by atoms with E-state index in [2.05, 4.69) is 13.8 Å². The lowest BCUT2D eigenvalue weighted by Gasteiger charge is -2.36. The van der Waals surface area contributed by atoms with Gasteiger partial charge in [-0.25, -0.2) is 4.39 Å². The fourth-order valence-corrected chi connectivity index (χ4v) is 4.73. The van der Waals surface area contributed by atoms with E-state index in [9.17, 15) is 12.8 Å². The van der Waals surface area contributed by atoms with Crippen molar-refractivity contribution in [3.63, 3.8) is 0 Å². The third-order valence-electron chi connectivity index (χ3n) is 4.18. The van der Waals surface area contributed by atoms with Gasteiger partial charge in [0.05, 0.1) is 7.11 Å². The maximum atomic E-state index is 13.8. The van der Waals surface area contributed by atoms with Gasteiger partial charge in [0.1, 0.15) is 0 Å². The molecule has 0 amide bonds. The molecule has 1 aliphatic rings. The van der Waals surface area contributed by atoms with Gasteiger partial charge in [0.15, 0.2) is 11.6 Å². The molecule has 0 bridgehead atoms. The predicted molar refractivity (Wildman–Crippen MR) is 87.9 cm³/mol. The molecule has 2 rings (SSSR count). The van der Waals surface area contributed by atoms with Crippen LogP contribution in [0.2, 0.25) is 0 Å². The number of piperidine rings is 1. The summed E-state index contributed by atoms with van der Waals surface area (Å²) in [5, 5.41) is 0. The molecular formula is C16H25FN2O3S. The third-order valence-corrected chi connectivity index (χ3v) is 6.04. The zero-order chi connectivity index (χ0) is 17.2. The number of hydrogen-bond acceptors (Lipinski definition) is 3. The summed E-state index contributed by atoms with van der Waals surface area (Å²) in [7, 11) is -0.616. The van der Waals surface area contributed by atoms with Crippen molar-refractivity contribution in [3.05, 3.63) is 29.6 Å². The zero-order valence-corrected chi connectivity index (χ0v) is 14.9. The van der Waals surface area contributed by atoms with E-state index < -0.39 is 16.0 Å². The van der Waals surface area contributed by atoms with Crippen molar-refractivity contribution in [2.45, 2.75) is 26.8 Å². The quantitative estimate of drug-likeness (QED) is 0.825. The number of methoxy groups -OCH3 is 1. The van der Waals surface area contributed by atoms with Crippen molar-refractivity contribution in [3.8, 4) is 5.75 Å². The molecule has 0 aliphatic carbocycles. The van der Waals surface area contributed by atoms with Crippen LogP contribution in [0.25, 0.3) is 0 Å². The van der Waals surface area contributed by atoms with Gasteiger partial charge in [-0.15, -0.1) is 0 Å². The third kappa shape index (κ3) is 4.22. The molecule has 1 fully saturated rings. The monoisotopic (exact) mass is 344 g/mol. The van der Waals surface area contributed by atoms with Crippen LogP contribution >= 0.6 is 0 Å². The molecule has 1 aliphatic heterocycles. The molecule has 2 atom stereocenters. The Bertz CT molecular complexity index is 641. The van der Waals surface area contributed by atoms with Gasteiger partial charge in [-0.2, -0.15) is 17.0 Å². The summed E-state index contributed by atoms with van der Waals surface area (Å²) in [5.41, 5.74) is 0.590. The van der Waals surface area contributed by atoms with Crippen molar-refractivity contribution in [1.29, 1.82) is 0 Å². The van der Waals surface area contributed by atoms with E-state index in [0.717, 1.165) is 6.42 Å². The van der Waals surface area contributed by atoms with Crippen LogP contribution in [-0.4, -0.2) is 44.3 Å². The Morgan fingerprint density at radius 3 is 2.43 bits per heavy atom. The lowest BCUT2D eigenvalue weighted by atomic mass is 9.94. The minimum atomic E-state index is -3.54. The Balaban J connectivity index is 2.12. The zero-order valence-electron chi connectivity index (χ0n) is 14.1. The summed E-state index contributed by atoms with van der Waals surface area (Å²) < 4.78 is 46.9. The molecule has 0 radical (unpaired) electrons. The Morgan fingerprint density at radius 2 is 1.91 bits per heavy atom. The molecule has 0 N–H and O–H groups in total. The second kappa shape index (κ2) is 7.15. The highest BCUT2D eigenvalue weighted by Crippen LogP contribution is 2.25. The van der Waals surface area contributed by atoms with Crippen molar-refractivity contribution < 1.29 is 17.5 Å². The summed E-state index contributed by atoms with van der Waals surface area (Å²) in [6.07, 6.45) is 1.04. The molecule has 0 spiro atoms. The van der Waals surface area contributed by atoms with Gasteiger partial charge < -0.3 is 4.74 Å². The molecule has 23 heavy (non-hydrogen) atoms. The van der Waals surface area contributed by atoms with E-state index in [1.54, 1.807) is 6.07 Å². The van der Waals surface area contributed by atoms with Crippen molar-refractivity contribution >= 4 is 10.2 Å². The van der Waals surface area contributed by atoms with Crippen LogP contribution in [0.5, 0.6) is 5.75 Å². The molecule has 0 aromatic heterocycles. The molecule has 1 saturated heterocycles. The van der Waals surface area contributed by atoms with Crippen LogP contribution in [0.3, 0.4) is 0 Å². The summed E-state index contributed by atoms with van der Waals surface area (Å²) in [4.78, 5) is 0. The Morgan fingerprint density at radius 1 is 1.30 bits per heavy atom. The van der Waals surface area contributed by atoms with Gasteiger partial charge in [0.2, 0.25) is 0 Å². The summed E-state index contributed by atoms with van der Waals surface area (Å²) in [6.45, 7) is 5.33. The van der Waals surface area contributed by atoms with Gasteiger partial charge in [-0.05, 0) is 36.0 Å². The molecular weight excluding hydrogens is 319 g/mol. The number of ether oxygens (including phenoxy) is 1. The highest BCUT2D eigenvalue weighted by atomic mass is 32.2. The maximum absolute atomic E-state index is 13.8. The highest BCUT2D eigenvalue weighted by molar-refractivity contribution is 7.86. The van der Waals surface area contributed by atoms with E-state index >= 15 is 0 Å². The normalized spacial score (nSPS) is 23.2. The van der Waals surface area contributed by atoms with Crippen molar-refractivity contribution in [2.24, 2.45) is 11.8 Å². The summed E-state index contributed by atoms with van der Waals surface area (Å²) in [6, 6.07) is 4.50. The minimum absolute atomic E-state index is 0.127. The average Bonchev–Trinajstić information content (AvgIpc) is 2.46. The number of hydrogen-bond donors (Lipinski definition) is 0. The predicted octanol–water partition coefficient (Wildman–Crippen LogP) is 2.49. The second-order valence-corrected chi connectivity index (χ2v) is 8.53. The van der Waals surface area contributed by atoms with E-state index in [1.165, 1.54) is 34.9 Å². The average molecular weight is 344 g/mol. The van der Waals surface area contributed by atoms with Crippen LogP contribution in [-0.2, 0) is 16.8 Å². The molecule has 7 heteroatoms. The molecule has 1 aromatic rings. The number of rotatable bonds is 5. The van der Waals surface area contributed by atoms with E-state index in [1.807, 2.05) is 0 Å². The second-order valence-electron chi connectivity index (χ2n) is 6.50. The van der Waals surface area contributed by atoms with Crippen LogP contribution in [0.15, 0.2) is 18.2 Å². The topological polar surface area (TPSA) is 49.9 Å². The minimum Gasteiger partial charge on any atom is -0.494 e. The maximum Gasteiger partial charge on any atom is 0.282 e. The first-order valence-corrected chi connectivity index (χ1v) is 9.17. The number of nitrogens with zero attached hydrogens (tertiary/aromatic N) is 2. The molecule has 130 valence electrons. The lowest BCUT2D eigenvalue weighted by Crippen LogP contribution is -2.48. The molecule has 1 aromatic carbocycles. The van der Waals surface area contributed by atoms with Gasteiger partial charge in [0, 0.05) is 26.7 Å². The molecule has 1 heterocycles. The Kier molecular flexibility index (Phi) is 5.65.